The molecule has 1 rings (SSSR count). The van der Waals surface area contributed by atoms with Gasteiger partial charge in [-0.25, -0.2) is 0 Å². The van der Waals surface area contributed by atoms with Crippen molar-refractivity contribution in [1.82, 2.24) is 0 Å². The molecule has 0 unspecified atom stereocenters. The van der Waals surface area contributed by atoms with E-state index in [-0.39, 0.29) is 11.5 Å². The lowest BCUT2D eigenvalue weighted by Crippen LogP contribution is -2.22. The first-order valence-corrected chi connectivity index (χ1v) is 7.37. The Kier molecular flexibility index (Phi) is 6.89. The molecule has 0 radical (unpaired) electrons. The van der Waals surface area contributed by atoms with Gasteiger partial charge in [0.1, 0.15) is 5.04 Å². The van der Waals surface area contributed by atoms with Crippen molar-refractivity contribution in [1.29, 1.82) is 0 Å². The molecule has 0 aromatic heterocycles. The minimum atomic E-state index is -0.312. The van der Waals surface area contributed by atoms with Crippen molar-refractivity contribution in [3.63, 3.8) is 0 Å². The standard InChI is InChI=1S/C14H18N2O2S/c1-3-4-10-15-14(19-2)12(16-18)13(17)11-8-6-5-7-9-11/h5-9,18H,3-4,10H2,1-2H3/b15-14?,16-12-. The van der Waals surface area contributed by atoms with Crippen molar-refractivity contribution >= 4 is 28.3 Å². The third-order valence-electron chi connectivity index (χ3n) is 2.51. The van der Waals surface area contributed by atoms with Crippen LogP contribution in [0, 0.1) is 0 Å². The number of carbonyl (C=O) groups is 1. The molecular weight excluding hydrogens is 260 g/mol. The Morgan fingerprint density at radius 3 is 2.53 bits per heavy atom. The average molecular weight is 278 g/mol. The Labute approximate surface area is 117 Å². The lowest BCUT2D eigenvalue weighted by molar-refractivity contribution is 0.106. The molecule has 5 heteroatoms. The number of nitrogens with zero attached hydrogens (tertiary/aromatic N) is 2. The van der Waals surface area contributed by atoms with Gasteiger partial charge in [-0.2, -0.15) is 0 Å². The molecule has 0 heterocycles. The summed E-state index contributed by atoms with van der Waals surface area (Å²) in [5.74, 6) is -0.312. The lowest BCUT2D eigenvalue weighted by atomic mass is 10.1. The van der Waals surface area contributed by atoms with Crippen LogP contribution in [0.25, 0.3) is 0 Å². The highest BCUT2D eigenvalue weighted by molar-refractivity contribution is 8.15. The molecule has 0 atom stereocenters. The Bertz CT molecular complexity index is 470. The lowest BCUT2D eigenvalue weighted by Gasteiger charge is -2.05. The second-order valence-corrected chi connectivity index (χ2v) is 4.68. The molecule has 0 spiro atoms. The molecular formula is C14H18N2O2S. The zero-order valence-corrected chi connectivity index (χ0v) is 12.0. The van der Waals surface area contributed by atoms with Gasteiger partial charge in [-0.3, -0.25) is 9.79 Å². The summed E-state index contributed by atoms with van der Waals surface area (Å²) in [6.45, 7) is 2.71. The molecule has 0 amide bonds. The Hall–Kier alpha value is -1.62. The highest BCUT2D eigenvalue weighted by atomic mass is 32.2. The van der Waals surface area contributed by atoms with E-state index in [1.807, 2.05) is 12.3 Å². The highest BCUT2D eigenvalue weighted by Gasteiger charge is 2.19. The van der Waals surface area contributed by atoms with Gasteiger partial charge in [0.2, 0.25) is 5.78 Å². The first kappa shape index (κ1) is 15.4. The zero-order valence-electron chi connectivity index (χ0n) is 11.2. The summed E-state index contributed by atoms with van der Waals surface area (Å²) in [6, 6.07) is 8.76. The van der Waals surface area contributed by atoms with E-state index >= 15 is 0 Å². The van der Waals surface area contributed by atoms with Crippen molar-refractivity contribution in [3.8, 4) is 0 Å². The number of benzene rings is 1. The molecule has 0 bridgehead atoms. The van der Waals surface area contributed by atoms with Crippen LogP contribution in [-0.2, 0) is 0 Å². The molecule has 102 valence electrons. The molecule has 0 fully saturated rings. The third kappa shape index (κ3) is 4.52. The Morgan fingerprint density at radius 2 is 2.00 bits per heavy atom. The number of rotatable bonds is 6. The van der Waals surface area contributed by atoms with E-state index in [1.165, 1.54) is 11.8 Å². The van der Waals surface area contributed by atoms with Crippen molar-refractivity contribution in [2.45, 2.75) is 19.8 Å². The van der Waals surface area contributed by atoms with Gasteiger partial charge in [0.15, 0.2) is 5.71 Å². The number of thioether (sulfide) groups is 1. The Morgan fingerprint density at radius 1 is 1.32 bits per heavy atom. The first-order valence-electron chi connectivity index (χ1n) is 6.15. The maximum absolute atomic E-state index is 12.2. The van der Waals surface area contributed by atoms with Gasteiger partial charge >= 0.3 is 0 Å². The maximum Gasteiger partial charge on any atom is 0.217 e. The largest absolute Gasteiger partial charge is 0.410 e. The molecule has 1 N–H and O–H groups in total. The van der Waals surface area contributed by atoms with Crippen LogP contribution < -0.4 is 0 Å². The summed E-state index contributed by atoms with van der Waals surface area (Å²) < 4.78 is 0. The number of hydrogen-bond donors (Lipinski definition) is 1. The number of Topliss-reactive ketones (excluding diaryl/α,β-unsaturated/α-hetero) is 1. The van der Waals surface area contributed by atoms with Crippen LogP contribution in [0.2, 0.25) is 0 Å². The van der Waals surface area contributed by atoms with Crippen LogP contribution in [0.3, 0.4) is 0 Å². The fourth-order valence-electron chi connectivity index (χ4n) is 1.49. The highest BCUT2D eigenvalue weighted by Crippen LogP contribution is 2.09. The third-order valence-corrected chi connectivity index (χ3v) is 3.22. The van der Waals surface area contributed by atoms with Gasteiger partial charge in [-0.15, -0.1) is 11.8 Å². The SMILES string of the molecule is CCCCN=C(SC)/C(=N\O)C(=O)c1ccccc1. The minimum absolute atomic E-state index is 0.00908. The number of ketones is 1. The van der Waals surface area contributed by atoms with Crippen LogP contribution in [0.4, 0.5) is 0 Å². The van der Waals surface area contributed by atoms with Gasteiger partial charge < -0.3 is 5.21 Å². The molecule has 0 aliphatic rings. The number of aliphatic imine (C=N–C) groups is 1. The van der Waals surface area contributed by atoms with Crippen molar-refractivity contribution in [3.05, 3.63) is 35.9 Å². The number of unbranched alkanes of at least 4 members (excludes halogenated alkanes) is 1. The minimum Gasteiger partial charge on any atom is -0.410 e. The molecule has 1 aromatic rings. The summed E-state index contributed by atoms with van der Waals surface area (Å²) in [5.41, 5.74) is 0.502. The van der Waals surface area contributed by atoms with E-state index < -0.39 is 0 Å². The molecule has 0 saturated heterocycles. The second-order valence-electron chi connectivity index (χ2n) is 3.89. The fraction of sp³-hybridized carbons (Fsp3) is 0.357. The van der Waals surface area contributed by atoms with E-state index in [9.17, 15) is 4.79 Å². The smallest absolute Gasteiger partial charge is 0.217 e. The fourth-order valence-corrected chi connectivity index (χ4v) is 2.03. The quantitative estimate of drug-likeness (QED) is 0.217. The van der Waals surface area contributed by atoms with Crippen LogP contribution >= 0.6 is 11.8 Å². The average Bonchev–Trinajstić information content (AvgIpc) is 2.47. The van der Waals surface area contributed by atoms with E-state index in [2.05, 4.69) is 17.1 Å². The molecule has 0 aliphatic heterocycles. The van der Waals surface area contributed by atoms with Crippen molar-refractivity contribution in [2.24, 2.45) is 10.1 Å². The second kappa shape index (κ2) is 8.48. The topological polar surface area (TPSA) is 62.0 Å². The molecule has 4 nitrogen and oxygen atoms in total. The summed E-state index contributed by atoms with van der Waals surface area (Å²) in [7, 11) is 0. The van der Waals surface area contributed by atoms with Crippen LogP contribution in [-0.4, -0.2) is 34.5 Å². The van der Waals surface area contributed by atoms with E-state index in [0.717, 1.165) is 12.8 Å². The summed E-state index contributed by atoms with van der Waals surface area (Å²) in [4.78, 5) is 16.5. The van der Waals surface area contributed by atoms with Crippen molar-refractivity contribution in [2.75, 3.05) is 12.8 Å². The van der Waals surface area contributed by atoms with Gasteiger partial charge in [-0.05, 0) is 12.7 Å². The molecule has 19 heavy (non-hydrogen) atoms. The maximum atomic E-state index is 12.2. The van der Waals surface area contributed by atoms with Crippen LogP contribution in [0.1, 0.15) is 30.1 Å². The number of hydrogen-bond acceptors (Lipinski definition) is 5. The van der Waals surface area contributed by atoms with E-state index in [0.29, 0.717) is 17.2 Å². The molecule has 0 saturated carbocycles. The Balaban J connectivity index is 2.93. The van der Waals surface area contributed by atoms with Gasteiger partial charge in [0, 0.05) is 12.1 Å². The number of oxime groups is 1. The molecule has 1 aromatic carbocycles. The summed E-state index contributed by atoms with van der Waals surface area (Å²) in [5, 5.41) is 12.7. The summed E-state index contributed by atoms with van der Waals surface area (Å²) >= 11 is 1.31. The predicted molar refractivity (Wildman–Crippen MR) is 80.7 cm³/mol. The van der Waals surface area contributed by atoms with Gasteiger partial charge in [-0.1, -0.05) is 48.8 Å². The first-order chi connectivity index (χ1) is 9.24. The van der Waals surface area contributed by atoms with E-state index in [1.54, 1.807) is 24.3 Å². The van der Waals surface area contributed by atoms with E-state index in [4.69, 9.17) is 5.21 Å². The monoisotopic (exact) mass is 278 g/mol. The molecule has 0 aliphatic carbocycles. The predicted octanol–water partition coefficient (Wildman–Crippen LogP) is 3.26. The van der Waals surface area contributed by atoms with Crippen molar-refractivity contribution < 1.29 is 10.0 Å². The zero-order chi connectivity index (χ0) is 14.1. The van der Waals surface area contributed by atoms with Crippen LogP contribution in [0.15, 0.2) is 40.5 Å². The van der Waals surface area contributed by atoms with Gasteiger partial charge in [0.05, 0.1) is 0 Å². The van der Waals surface area contributed by atoms with Crippen LogP contribution in [0.5, 0.6) is 0 Å². The number of carbonyl (C=O) groups excluding carboxylic acids is 1. The summed E-state index contributed by atoms with van der Waals surface area (Å²) in [6.07, 6.45) is 3.79. The van der Waals surface area contributed by atoms with Gasteiger partial charge in [0.25, 0.3) is 0 Å². The normalized spacial score (nSPS) is 12.5.